The van der Waals surface area contributed by atoms with Gasteiger partial charge in [-0.25, -0.2) is 0 Å². The lowest BCUT2D eigenvalue weighted by atomic mass is 9.92. The summed E-state index contributed by atoms with van der Waals surface area (Å²) < 4.78 is 0.780. The van der Waals surface area contributed by atoms with Crippen molar-refractivity contribution in [2.45, 2.75) is 5.92 Å². The van der Waals surface area contributed by atoms with E-state index in [-0.39, 0.29) is 5.78 Å². The number of carbonyl (C=O) groups is 1. The summed E-state index contributed by atoms with van der Waals surface area (Å²) in [5.41, 5.74) is 0.917. The Morgan fingerprint density at radius 3 is 2.55 bits per heavy atom. The number of benzene rings is 2. The summed E-state index contributed by atoms with van der Waals surface area (Å²) in [4.78, 5) is 12.4. The van der Waals surface area contributed by atoms with Crippen LogP contribution < -0.4 is 0 Å². The zero-order valence-corrected chi connectivity index (χ0v) is 13.2. The largest absolute Gasteiger partial charge is 0.292 e. The van der Waals surface area contributed by atoms with Crippen LogP contribution >= 0.6 is 39.1 Å². The van der Waals surface area contributed by atoms with Gasteiger partial charge < -0.3 is 0 Å². The van der Waals surface area contributed by atoms with Crippen molar-refractivity contribution >= 4 is 44.9 Å². The van der Waals surface area contributed by atoms with Crippen molar-refractivity contribution in [3.8, 4) is 6.07 Å². The molecule has 0 spiro atoms. The van der Waals surface area contributed by atoms with Gasteiger partial charge in [0.1, 0.15) is 5.92 Å². The van der Waals surface area contributed by atoms with Gasteiger partial charge in [0.2, 0.25) is 0 Å². The van der Waals surface area contributed by atoms with Crippen LogP contribution in [0, 0.1) is 11.3 Å². The summed E-state index contributed by atoms with van der Waals surface area (Å²) in [6, 6.07) is 13.6. The Morgan fingerprint density at radius 2 is 1.95 bits per heavy atom. The molecule has 0 aliphatic carbocycles. The maximum atomic E-state index is 12.4. The van der Waals surface area contributed by atoms with E-state index in [0.717, 1.165) is 4.47 Å². The van der Waals surface area contributed by atoms with E-state index in [1.807, 2.05) is 12.1 Å². The molecule has 100 valence electrons. The van der Waals surface area contributed by atoms with E-state index in [9.17, 15) is 10.1 Å². The van der Waals surface area contributed by atoms with Crippen molar-refractivity contribution in [1.82, 2.24) is 0 Å². The molecule has 2 aromatic carbocycles. The highest BCUT2D eigenvalue weighted by molar-refractivity contribution is 9.10. The van der Waals surface area contributed by atoms with E-state index in [1.54, 1.807) is 30.3 Å². The molecule has 2 rings (SSSR count). The maximum absolute atomic E-state index is 12.4. The summed E-state index contributed by atoms with van der Waals surface area (Å²) in [6.07, 6.45) is 0. The van der Waals surface area contributed by atoms with Crippen LogP contribution in [0.2, 0.25) is 10.0 Å². The summed E-state index contributed by atoms with van der Waals surface area (Å²) in [6.45, 7) is 0. The number of halogens is 3. The quantitative estimate of drug-likeness (QED) is 0.694. The summed E-state index contributed by atoms with van der Waals surface area (Å²) in [7, 11) is 0. The highest BCUT2D eigenvalue weighted by atomic mass is 79.9. The van der Waals surface area contributed by atoms with Crippen molar-refractivity contribution < 1.29 is 4.79 Å². The molecule has 0 heterocycles. The zero-order valence-electron chi connectivity index (χ0n) is 10.1. The molecule has 0 saturated heterocycles. The number of nitriles is 1. The molecule has 20 heavy (non-hydrogen) atoms. The topological polar surface area (TPSA) is 40.9 Å². The third-order valence-corrected chi connectivity index (χ3v) is 3.83. The van der Waals surface area contributed by atoms with Gasteiger partial charge in [-0.05, 0) is 29.8 Å². The average Bonchev–Trinajstić information content (AvgIpc) is 2.41. The van der Waals surface area contributed by atoms with Gasteiger partial charge in [0.05, 0.1) is 6.07 Å². The molecule has 0 amide bonds. The number of ketones is 1. The second-order valence-corrected chi connectivity index (χ2v) is 5.86. The van der Waals surface area contributed by atoms with Crippen LogP contribution in [0.3, 0.4) is 0 Å². The fourth-order valence-corrected chi connectivity index (χ4v) is 2.73. The van der Waals surface area contributed by atoms with Crippen molar-refractivity contribution in [2.24, 2.45) is 0 Å². The molecule has 2 aromatic rings. The minimum Gasteiger partial charge on any atom is -0.292 e. The monoisotopic (exact) mass is 367 g/mol. The van der Waals surface area contributed by atoms with Crippen LogP contribution in [0.5, 0.6) is 0 Å². The Bertz CT molecular complexity index is 709. The van der Waals surface area contributed by atoms with Crippen molar-refractivity contribution in [3.63, 3.8) is 0 Å². The lowest BCUT2D eigenvalue weighted by molar-refractivity contribution is 0.0979. The van der Waals surface area contributed by atoms with E-state index in [4.69, 9.17) is 23.2 Å². The number of hydrogen-bond donors (Lipinski definition) is 0. The molecule has 0 N–H and O–H groups in total. The van der Waals surface area contributed by atoms with Crippen molar-refractivity contribution in [2.75, 3.05) is 0 Å². The fourth-order valence-electron chi connectivity index (χ4n) is 1.81. The van der Waals surface area contributed by atoms with E-state index in [0.29, 0.717) is 21.2 Å². The Kier molecular flexibility index (Phi) is 4.82. The Labute approximate surface area is 135 Å². The SMILES string of the molecule is N#CC(C(=O)c1cccc(Br)c1)c1ccc(Cl)cc1Cl. The van der Waals surface area contributed by atoms with Gasteiger partial charge >= 0.3 is 0 Å². The number of nitrogens with zero attached hydrogens (tertiary/aromatic N) is 1. The number of rotatable bonds is 3. The summed E-state index contributed by atoms with van der Waals surface area (Å²) in [5, 5.41) is 10.1. The van der Waals surface area contributed by atoms with Crippen LogP contribution in [0.25, 0.3) is 0 Å². The van der Waals surface area contributed by atoms with Gasteiger partial charge in [-0.2, -0.15) is 5.26 Å². The number of hydrogen-bond acceptors (Lipinski definition) is 2. The normalized spacial score (nSPS) is 11.7. The van der Waals surface area contributed by atoms with Gasteiger partial charge in [0, 0.05) is 20.1 Å². The van der Waals surface area contributed by atoms with E-state index in [1.165, 1.54) is 6.07 Å². The predicted molar refractivity (Wildman–Crippen MR) is 83.3 cm³/mol. The summed E-state index contributed by atoms with van der Waals surface area (Å²) >= 11 is 15.2. The van der Waals surface area contributed by atoms with Gasteiger partial charge in [0.25, 0.3) is 0 Å². The smallest absolute Gasteiger partial charge is 0.184 e. The van der Waals surface area contributed by atoms with Crippen LogP contribution in [-0.4, -0.2) is 5.78 Å². The molecule has 2 nitrogen and oxygen atoms in total. The Hall–Kier alpha value is -1.34. The van der Waals surface area contributed by atoms with Gasteiger partial charge in [-0.15, -0.1) is 0 Å². The van der Waals surface area contributed by atoms with E-state index in [2.05, 4.69) is 15.9 Å². The van der Waals surface area contributed by atoms with Gasteiger partial charge in [-0.3, -0.25) is 4.79 Å². The molecule has 0 aliphatic heterocycles. The lowest BCUT2D eigenvalue weighted by Crippen LogP contribution is -2.11. The molecule has 5 heteroatoms. The van der Waals surface area contributed by atoms with Gasteiger partial charge in [-0.1, -0.05) is 57.3 Å². The Morgan fingerprint density at radius 1 is 1.20 bits per heavy atom. The molecule has 0 fully saturated rings. The third-order valence-electron chi connectivity index (χ3n) is 2.77. The predicted octanol–water partition coefficient (Wildman–Crippen LogP) is 5.25. The molecule has 0 radical (unpaired) electrons. The minimum absolute atomic E-state index is 0.293. The minimum atomic E-state index is -0.950. The molecule has 1 unspecified atom stereocenters. The molecule has 0 aromatic heterocycles. The highest BCUT2D eigenvalue weighted by Gasteiger charge is 2.24. The standard InChI is InChI=1S/C15H8BrCl2NO/c16-10-3-1-2-9(6-10)15(20)13(8-19)12-5-4-11(17)7-14(12)18/h1-7,13H. The first-order chi connectivity index (χ1) is 9.52. The zero-order chi connectivity index (χ0) is 14.7. The number of Topliss-reactive ketones (excluding diaryl/α,β-unsaturated/α-hetero) is 1. The average molecular weight is 369 g/mol. The second kappa shape index (κ2) is 6.41. The van der Waals surface area contributed by atoms with Crippen LogP contribution in [0.1, 0.15) is 21.8 Å². The lowest BCUT2D eigenvalue weighted by Gasteiger charge is -2.11. The van der Waals surface area contributed by atoms with E-state index >= 15 is 0 Å². The first kappa shape index (κ1) is 15.1. The van der Waals surface area contributed by atoms with Crippen LogP contribution in [0.15, 0.2) is 46.9 Å². The van der Waals surface area contributed by atoms with Crippen molar-refractivity contribution in [1.29, 1.82) is 5.26 Å². The molecule has 1 atom stereocenters. The molecular formula is C15H8BrCl2NO. The fraction of sp³-hybridized carbons (Fsp3) is 0.0667. The number of carbonyl (C=O) groups excluding carboxylic acids is 1. The van der Waals surface area contributed by atoms with Crippen molar-refractivity contribution in [3.05, 3.63) is 68.1 Å². The van der Waals surface area contributed by atoms with Crippen LogP contribution in [0.4, 0.5) is 0 Å². The molecular weight excluding hydrogens is 361 g/mol. The summed E-state index contributed by atoms with van der Waals surface area (Å²) in [5.74, 6) is -1.24. The highest BCUT2D eigenvalue weighted by Crippen LogP contribution is 2.30. The van der Waals surface area contributed by atoms with Gasteiger partial charge in [0.15, 0.2) is 5.78 Å². The second-order valence-electron chi connectivity index (χ2n) is 4.10. The molecule has 0 aliphatic rings. The first-order valence-corrected chi connectivity index (χ1v) is 7.22. The molecule has 0 bridgehead atoms. The Balaban J connectivity index is 2.43. The maximum Gasteiger partial charge on any atom is 0.184 e. The van der Waals surface area contributed by atoms with E-state index < -0.39 is 5.92 Å². The third kappa shape index (κ3) is 3.21. The van der Waals surface area contributed by atoms with Crippen LogP contribution in [-0.2, 0) is 0 Å². The molecule has 0 saturated carbocycles. The first-order valence-electron chi connectivity index (χ1n) is 5.67.